The van der Waals surface area contributed by atoms with Gasteiger partial charge in [-0.25, -0.2) is 8.42 Å². The number of phenolic OH excluding ortho intramolecular Hbond substituents is 2. The summed E-state index contributed by atoms with van der Waals surface area (Å²) in [5, 5.41) is 22.1. The molecule has 1 rings (SSSR count). The van der Waals surface area contributed by atoms with E-state index in [1.165, 1.54) is 24.5 Å². The molecule has 6 heteroatoms. The number of hydrogen-bond acceptors (Lipinski definition) is 5. The molecule has 3 N–H and O–H groups in total. The van der Waals surface area contributed by atoms with Gasteiger partial charge in [-0.1, -0.05) is 0 Å². The van der Waals surface area contributed by atoms with E-state index in [-0.39, 0.29) is 29.3 Å². The predicted molar refractivity (Wildman–Crippen MR) is 70.5 cm³/mol. The van der Waals surface area contributed by atoms with Crippen molar-refractivity contribution in [1.82, 2.24) is 5.32 Å². The van der Waals surface area contributed by atoms with E-state index >= 15 is 0 Å². The van der Waals surface area contributed by atoms with E-state index in [0.29, 0.717) is 5.56 Å². The van der Waals surface area contributed by atoms with E-state index < -0.39 is 9.84 Å². The van der Waals surface area contributed by atoms with Crippen molar-refractivity contribution in [3.63, 3.8) is 0 Å². The highest BCUT2D eigenvalue weighted by Gasteiger charge is 2.16. The fourth-order valence-electron chi connectivity index (χ4n) is 1.91. The number of aromatic hydroxyl groups is 2. The zero-order valence-electron chi connectivity index (χ0n) is 10.7. The van der Waals surface area contributed by atoms with Crippen molar-refractivity contribution in [2.45, 2.75) is 25.9 Å². The molecule has 0 bridgehead atoms. The smallest absolute Gasteiger partial charge is 0.148 e. The maximum Gasteiger partial charge on any atom is 0.148 e. The number of nitrogens with one attached hydrogen (secondary N) is 1. The minimum Gasteiger partial charge on any atom is -0.508 e. The summed E-state index contributed by atoms with van der Waals surface area (Å²) < 4.78 is 22.3. The third-order valence-corrected chi connectivity index (χ3v) is 3.67. The second-order valence-corrected chi connectivity index (χ2v) is 6.81. The highest BCUT2D eigenvalue weighted by atomic mass is 32.2. The third-order valence-electron chi connectivity index (χ3n) is 2.56. The lowest BCUT2D eigenvalue weighted by molar-refractivity contribution is 0.432. The van der Waals surface area contributed by atoms with Gasteiger partial charge in [0.2, 0.25) is 0 Å². The van der Waals surface area contributed by atoms with Crippen molar-refractivity contribution < 1.29 is 18.6 Å². The van der Waals surface area contributed by atoms with Crippen LogP contribution >= 0.6 is 0 Å². The highest BCUT2D eigenvalue weighted by molar-refractivity contribution is 7.90. The Bertz CT molecular complexity index is 513. The molecule has 0 fully saturated rings. The largest absolute Gasteiger partial charge is 0.508 e. The molecule has 0 spiro atoms. The first-order chi connectivity index (χ1) is 8.19. The SMILES string of the molecule is CC(CS(C)(=O)=O)NC(C)c1cc(O)ccc1O. The van der Waals surface area contributed by atoms with Crippen LogP contribution in [0.4, 0.5) is 0 Å². The molecule has 0 saturated heterocycles. The average molecular weight is 273 g/mol. The molecule has 0 amide bonds. The molecule has 1 aromatic rings. The van der Waals surface area contributed by atoms with Crippen LogP contribution in [0.1, 0.15) is 25.5 Å². The standard InChI is InChI=1S/C12H19NO4S/c1-8(7-18(3,16)17)13-9(2)11-6-10(14)4-5-12(11)15/h4-6,8-9,13-15H,7H2,1-3H3. The molecule has 0 aliphatic carbocycles. The van der Waals surface area contributed by atoms with Crippen molar-refractivity contribution in [3.05, 3.63) is 23.8 Å². The van der Waals surface area contributed by atoms with E-state index in [0.717, 1.165) is 0 Å². The van der Waals surface area contributed by atoms with Gasteiger partial charge in [-0.2, -0.15) is 0 Å². The first-order valence-electron chi connectivity index (χ1n) is 5.64. The third kappa shape index (κ3) is 4.54. The predicted octanol–water partition coefficient (Wildman–Crippen LogP) is 1.18. The highest BCUT2D eigenvalue weighted by Crippen LogP contribution is 2.27. The molecular weight excluding hydrogens is 254 g/mol. The van der Waals surface area contributed by atoms with Gasteiger partial charge in [-0.05, 0) is 32.0 Å². The number of phenols is 2. The minimum absolute atomic E-state index is 0.0247. The number of hydrogen-bond donors (Lipinski definition) is 3. The molecule has 0 heterocycles. The lowest BCUT2D eigenvalue weighted by Gasteiger charge is -2.20. The molecule has 18 heavy (non-hydrogen) atoms. The molecule has 102 valence electrons. The van der Waals surface area contributed by atoms with Crippen molar-refractivity contribution in [2.24, 2.45) is 0 Å². The van der Waals surface area contributed by atoms with Gasteiger partial charge < -0.3 is 15.5 Å². The van der Waals surface area contributed by atoms with E-state index in [2.05, 4.69) is 5.32 Å². The van der Waals surface area contributed by atoms with Crippen LogP contribution in [0.2, 0.25) is 0 Å². The number of rotatable bonds is 5. The molecule has 0 saturated carbocycles. The Balaban J connectivity index is 2.76. The molecule has 0 aromatic heterocycles. The van der Waals surface area contributed by atoms with Crippen LogP contribution in [0, 0.1) is 0 Å². The summed E-state index contributed by atoms with van der Waals surface area (Å²) in [5.74, 6) is 0.156. The van der Waals surface area contributed by atoms with Crippen LogP contribution in [-0.2, 0) is 9.84 Å². The van der Waals surface area contributed by atoms with Crippen LogP contribution < -0.4 is 5.32 Å². The van der Waals surface area contributed by atoms with Gasteiger partial charge in [0, 0.05) is 23.9 Å². The fourth-order valence-corrected chi connectivity index (χ4v) is 2.91. The Morgan fingerprint density at radius 1 is 1.28 bits per heavy atom. The van der Waals surface area contributed by atoms with Gasteiger partial charge in [0.15, 0.2) is 0 Å². The fraction of sp³-hybridized carbons (Fsp3) is 0.500. The minimum atomic E-state index is -3.04. The quantitative estimate of drug-likeness (QED) is 0.701. The van der Waals surface area contributed by atoms with Crippen LogP contribution in [0.25, 0.3) is 0 Å². The van der Waals surface area contributed by atoms with Gasteiger partial charge in [0.05, 0.1) is 5.75 Å². The zero-order valence-corrected chi connectivity index (χ0v) is 11.5. The summed E-state index contributed by atoms with van der Waals surface area (Å²) >= 11 is 0. The first kappa shape index (κ1) is 14.8. The Hall–Kier alpha value is -1.27. The molecular formula is C12H19NO4S. The molecule has 2 unspecified atom stereocenters. The number of sulfone groups is 1. The van der Waals surface area contributed by atoms with E-state index in [4.69, 9.17) is 0 Å². The van der Waals surface area contributed by atoms with Crippen molar-refractivity contribution >= 4 is 9.84 Å². The van der Waals surface area contributed by atoms with E-state index in [1.807, 2.05) is 0 Å². The Morgan fingerprint density at radius 3 is 2.44 bits per heavy atom. The lowest BCUT2D eigenvalue weighted by Crippen LogP contribution is -2.34. The molecule has 1 aromatic carbocycles. The van der Waals surface area contributed by atoms with Crippen molar-refractivity contribution in [2.75, 3.05) is 12.0 Å². The topological polar surface area (TPSA) is 86.6 Å². The summed E-state index contributed by atoms with van der Waals surface area (Å²) in [6, 6.07) is 3.76. The Morgan fingerprint density at radius 2 is 1.89 bits per heavy atom. The lowest BCUT2D eigenvalue weighted by atomic mass is 10.1. The summed E-state index contributed by atoms with van der Waals surface area (Å²) in [4.78, 5) is 0. The van der Waals surface area contributed by atoms with Gasteiger partial charge in [0.1, 0.15) is 21.3 Å². The van der Waals surface area contributed by atoms with Gasteiger partial charge >= 0.3 is 0 Å². The van der Waals surface area contributed by atoms with Crippen LogP contribution in [0.5, 0.6) is 11.5 Å². The maximum absolute atomic E-state index is 11.2. The Labute approximate surface area is 107 Å². The second-order valence-electron chi connectivity index (χ2n) is 4.62. The molecule has 5 nitrogen and oxygen atoms in total. The summed E-state index contributed by atoms with van der Waals surface area (Å²) in [6.07, 6.45) is 1.18. The van der Waals surface area contributed by atoms with Crippen LogP contribution in [0.15, 0.2) is 18.2 Å². The molecule has 0 aliphatic rings. The second kappa shape index (κ2) is 5.58. The van der Waals surface area contributed by atoms with Gasteiger partial charge in [0.25, 0.3) is 0 Å². The summed E-state index contributed by atoms with van der Waals surface area (Å²) in [6.45, 7) is 3.56. The normalized spacial score (nSPS) is 15.3. The van der Waals surface area contributed by atoms with Gasteiger partial charge in [-0.3, -0.25) is 0 Å². The van der Waals surface area contributed by atoms with Gasteiger partial charge in [-0.15, -0.1) is 0 Å². The number of benzene rings is 1. The Kier molecular flexibility index (Phi) is 4.59. The van der Waals surface area contributed by atoms with Crippen molar-refractivity contribution in [3.8, 4) is 11.5 Å². The van der Waals surface area contributed by atoms with Crippen LogP contribution in [0.3, 0.4) is 0 Å². The van der Waals surface area contributed by atoms with E-state index in [9.17, 15) is 18.6 Å². The van der Waals surface area contributed by atoms with Crippen LogP contribution in [-0.4, -0.2) is 36.7 Å². The molecule has 2 atom stereocenters. The monoisotopic (exact) mass is 273 g/mol. The molecule has 0 radical (unpaired) electrons. The zero-order chi connectivity index (χ0) is 13.9. The average Bonchev–Trinajstić information content (AvgIpc) is 2.18. The summed E-state index contributed by atoms with van der Waals surface area (Å²) in [7, 11) is -3.04. The summed E-state index contributed by atoms with van der Waals surface area (Å²) in [5.41, 5.74) is 0.537. The maximum atomic E-state index is 11.2. The first-order valence-corrected chi connectivity index (χ1v) is 7.70. The van der Waals surface area contributed by atoms with Crippen molar-refractivity contribution in [1.29, 1.82) is 0 Å². The van der Waals surface area contributed by atoms with E-state index in [1.54, 1.807) is 13.8 Å². The molecule has 0 aliphatic heterocycles.